The minimum absolute atomic E-state index is 0.0954. The van der Waals surface area contributed by atoms with Crippen LogP contribution in [0.25, 0.3) is 0 Å². The van der Waals surface area contributed by atoms with Crippen LogP contribution in [0.4, 0.5) is 8.78 Å². The summed E-state index contributed by atoms with van der Waals surface area (Å²) in [6.07, 6.45) is 2.00. The zero-order valence-corrected chi connectivity index (χ0v) is 12.3. The highest BCUT2D eigenvalue weighted by Gasteiger charge is 2.23. The van der Waals surface area contributed by atoms with E-state index in [0.29, 0.717) is 17.5 Å². The topological polar surface area (TPSA) is 12.0 Å². The van der Waals surface area contributed by atoms with Crippen LogP contribution in [-0.4, -0.2) is 12.6 Å². The number of benzene rings is 1. The maximum atomic E-state index is 14.0. The van der Waals surface area contributed by atoms with E-state index in [0.717, 1.165) is 25.5 Å². The number of hydrogen-bond acceptors (Lipinski definition) is 1. The van der Waals surface area contributed by atoms with Crippen LogP contribution in [0.1, 0.15) is 52.0 Å². The lowest BCUT2D eigenvalue weighted by Crippen LogP contribution is -2.31. The summed E-state index contributed by atoms with van der Waals surface area (Å²) in [5, 5.41) is 3.37. The third kappa shape index (κ3) is 4.57. The van der Waals surface area contributed by atoms with E-state index >= 15 is 0 Å². The molecular weight excluding hydrogens is 244 g/mol. The number of rotatable bonds is 7. The molecule has 0 aliphatic rings. The molecule has 0 bridgehead atoms. The molecule has 1 aromatic carbocycles. The van der Waals surface area contributed by atoms with Crippen LogP contribution in [0.5, 0.6) is 0 Å². The third-order valence-corrected chi connectivity index (χ3v) is 3.73. The van der Waals surface area contributed by atoms with Gasteiger partial charge < -0.3 is 5.32 Å². The van der Waals surface area contributed by atoms with E-state index < -0.39 is 11.6 Å². The van der Waals surface area contributed by atoms with Gasteiger partial charge in [-0.2, -0.15) is 0 Å². The molecule has 0 radical (unpaired) electrons. The Balaban J connectivity index is 3.00. The lowest BCUT2D eigenvalue weighted by Gasteiger charge is -2.27. The molecule has 0 saturated carbocycles. The number of halogens is 2. The van der Waals surface area contributed by atoms with E-state index in [2.05, 4.69) is 33.0 Å². The Kier molecular flexibility index (Phi) is 6.43. The van der Waals surface area contributed by atoms with E-state index in [-0.39, 0.29) is 5.92 Å². The third-order valence-electron chi connectivity index (χ3n) is 3.73. The first kappa shape index (κ1) is 16.1. The van der Waals surface area contributed by atoms with Crippen molar-refractivity contribution in [2.24, 2.45) is 5.92 Å². The minimum atomic E-state index is -0.513. The van der Waals surface area contributed by atoms with Crippen molar-refractivity contribution < 1.29 is 8.78 Å². The highest BCUT2D eigenvalue weighted by Crippen LogP contribution is 2.31. The highest BCUT2D eigenvalue weighted by atomic mass is 19.1. The van der Waals surface area contributed by atoms with Crippen LogP contribution in [0.2, 0.25) is 0 Å². The van der Waals surface area contributed by atoms with Gasteiger partial charge in [0.15, 0.2) is 0 Å². The Hall–Kier alpha value is -0.960. The van der Waals surface area contributed by atoms with Crippen LogP contribution in [-0.2, 0) is 0 Å². The van der Waals surface area contributed by atoms with Gasteiger partial charge in [0.05, 0.1) is 0 Å². The lowest BCUT2D eigenvalue weighted by atomic mass is 9.82. The number of hydrogen-bond donors (Lipinski definition) is 1. The second-order valence-electron chi connectivity index (χ2n) is 5.41. The SMILES string of the molecule is CCC(CC)C(CNC(C)C)c1ccc(F)cc1F. The van der Waals surface area contributed by atoms with Gasteiger partial charge in [0.2, 0.25) is 0 Å². The molecule has 108 valence electrons. The fraction of sp³-hybridized carbons (Fsp3) is 0.625. The van der Waals surface area contributed by atoms with E-state index in [1.165, 1.54) is 6.07 Å². The highest BCUT2D eigenvalue weighted by molar-refractivity contribution is 5.24. The van der Waals surface area contributed by atoms with Crippen LogP contribution >= 0.6 is 0 Å². The first-order valence-corrected chi connectivity index (χ1v) is 7.17. The van der Waals surface area contributed by atoms with Crippen LogP contribution in [0.3, 0.4) is 0 Å². The summed E-state index contributed by atoms with van der Waals surface area (Å²) in [6.45, 7) is 9.12. The number of nitrogens with one attached hydrogen (secondary N) is 1. The Morgan fingerprint density at radius 2 is 1.74 bits per heavy atom. The first-order chi connectivity index (χ1) is 8.99. The molecular formula is C16H25F2N. The molecule has 0 saturated heterocycles. The van der Waals surface area contributed by atoms with Crippen molar-refractivity contribution in [1.29, 1.82) is 0 Å². The molecule has 3 heteroatoms. The van der Waals surface area contributed by atoms with Crippen LogP contribution in [0, 0.1) is 17.6 Å². The molecule has 1 unspecified atom stereocenters. The van der Waals surface area contributed by atoms with E-state index in [1.54, 1.807) is 6.07 Å². The molecule has 1 N–H and O–H groups in total. The summed E-state index contributed by atoms with van der Waals surface area (Å²) >= 11 is 0. The normalized spacial score (nSPS) is 13.3. The summed E-state index contributed by atoms with van der Waals surface area (Å²) < 4.78 is 27.0. The predicted octanol–water partition coefficient (Wildman–Crippen LogP) is 4.48. The Morgan fingerprint density at radius 1 is 1.11 bits per heavy atom. The fourth-order valence-electron chi connectivity index (χ4n) is 2.55. The van der Waals surface area contributed by atoms with Crippen molar-refractivity contribution in [3.05, 3.63) is 35.4 Å². The summed E-state index contributed by atoms with van der Waals surface area (Å²) in [4.78, 5) is 0. The van der Waals surface area contributed by atoms with Gasteiger partial charge in [-0.25, -0.2) is 8.78 Å². The lowest BCUT2D eigenvalue weighted by molar-refractivity contribution is 0.360. The summed E-state index contributed by atoms with van der Waals surface area (Å²) in [5.41, 5.74) is 0.628. The van der Waals surface area contributed by atoms with Crippen LogP contribution in [0.15, 0.2) is 18.2 Å². The molecule has 0 heterocycles. The Morgan fingerprint density at radius 3 is 2.21 bits per heavy atom. The molecule has 1 rings (SSSR count). The molecule has 1 atom stereocenters. The summed E-state index contributed by atoms with van der Waals surface area (Å²) in [6, 6.07) is 4.29. The maximum absolute atomic E-state index is 14.0. The molecule has 0 amide bonds. The predicted molar refractivity (Wildman–Crippen MR) is 76.3 cm³/mol. The molecule has 0 aliphatic heterocycles. The second-order valence-corrected chi connectivity index (χ2v) is 5.41. The standard InChI is InChI=1S/C16H25F2N/c1-5-12(6-2)15(10-19-11(3)4)14-8-7-13(17)9-16(14)18/h7-9,11-12,15,19H,5-6,10H2,1-4H3. The minimum Gasteiger partial charge on any atom is -0.314 e. The average molecular weight is 269 g/mol. The van der Waals surface area contributed by atoms with Gasteiger partial charge in [0, 0.05) is 24.6 Å². The zero-order chi connectivity index (χ0) is 14.4. The van der Waals surface area contributed by atoms with E-state index in [9.17, 15) is 8.78 Å². The van der Waals surface area contributed by atoms with Crippen molar-refractivity contribution in [3.63, 3.8) is 0 Å². The first-order valence-electron chi connectivity index (χ1n) is 7.17. The fourth-order valence-corrected chi connectivity index (χ4v) is 2.55. The maximum Gasteiger partial charge on any atom is 0.129 e. The van der Waals surface area contributed by atoms with Gasteiger partial charge in [-0.1, -0.05) is 46.6 Å². The monoisotopic (exact) mass is 269 g/mol. The van der Waals surface area contributed by atoms with Gasteiger partial charge in [0.1, 0.15) is 11.6 Å². The van der Waals surface area contributed by atoms with Crippen molar-refractivity contribution in [3.8, 4) is 0 Å². The van der Waals surface area contributed by atoms with Crippen molar-refractivity contribution in [2.45, 2.75) is 52.5 Å². The zero-order valence-electron chi connectivity index (χ0n) is 12.3. The molecule has 19 heavy (non-hydrogen) atoms. The molecule has 1 aromatic rings. The average Bonchev–Trinajstić information content (AvgIpc) is 2.35. The van der Waals surface area contributed by atoms with Crippen molar-refractivity contribution in [2.75, 3.05) is 6.54 Å². The quantitative estimate of drug-likeness (QED) is 0.769. The smallest absolute Gasteiger partial charge is 0.129 e. The molecule has 1 nitrogen and oxygen atoms in total. The van der Waals surface area contributed by atoms with Crippen molar-refractivity contribution >= 4 is 0 Å². The molecule has 0 spiro atoms. The van der Waals surface area contributed by atoms with Gasteiger partial charge in [-0.15, -0.1) is 0 Å². The van der Waals surface area contributed by atoms with Gasteiger partial charge >= 0.3 is 0 Å². The van der Waals surface area contributed by atoms with Crippen molar-refractivity contribution in [1.82, 2.24) is 5.32 Å². The van der Waals surface area contributed by atoms with E-state index in [1.807, 2.05) is 0 Å². The largest absolute Gasteiger partial charge is 0.314 e. The summed E-state index contributed by atoms with van der Waals surface area (Å²) in [5.74, 6) is -0.437. The summed E-state index contributed by atoms with van der Waals surface area (Å²) in [7, 11) is 0. The van der Waals surface area contributed by atoms with Crippen LogP contribution < -0.4 is 5.32 Å². The van der Waals surface area contributed by atoms with Gasteiger partial charge in [-0.05, 0) is 17.5 Å². The molecule has 0 aliphatic carbocycles. The Labute approximate surface area is 115 Å². The second kappa shape index (κ2) is 7.59. The Bertz CT molecular complexity index is 386. The molecule has 0 fully saturated rings. The van der Waals surface area contributed by atoms with Gasteiger partial charge in [0.25, 0.3) is 0 Å². The molecule has 0 aromatic heterocycles. The van der Waals surface area contributed by atoms with Gasteiger partial charge in [-0.3, -0.25) is 0 Å². The van der Waals surface area contributed by atoms with E-state index in [4.69, 9.17) is 0 Å².